The second-order valence-electron chi connectivity index (χ2n) is 7.79. The van der Waals surface area contributed by atoms with Crippen molar-refractivity contribution in [1.82, 2.24) is 19.9 Å². The molecule has 2 amide bonds. The quantitative estimate of drug-likeness (QED) is 0.850. The molecule has 1 saturated heterocycles. The number of hydrogen-bond donors (Lipinski definition) is 1. The van der Waals surface area contributed by atoms with Crippen LogP contribution in [0.4, 0.5) is 4.39 Å². The first-order valence-electron chi connectivity index (χ1n) is 9.70. The molecule has 4 rings (SSSR count). The van der Waals surface area contributed by atoms with Crippen LogP contribution in [0, 0.1) is 0 Å². The summed E-state index contributed by atoms with van der Waals surface area (Å²) >= 11 is 0. The lowest BCUT2D eigenvalue weighted by Crippen LogP contribution is -2.48. The van der Waals surface area contributed by atoms with Crippen LogP contribution < -0.4 is 5.73 Å². The fourth-order valence-electron chi connectivity index (χ4n) is 4.63. The van der Waals surface area contributed by atoms with E-state index in [1.807, 2.05) is 30.3 Å². The van der Waals surface area contributed by atoms with E-state index in [2.05, 4.69) is 10.3 Å². The molecule has 7 nitrogen and oxygen atoms in total. The summed E-state index contributed by atoms with van der Waals surface area (Å²) in [6, 6.07) is 9.50. The standard InChI is InChI=1S/C20H24FN5O2/c21-15-10-16(12-25-13-17(18(22)27)23-24-25)26(11-15)19(28)20(8-4-5-9-20)14-6-2-1-3-7-14/h1-3,6-7,13,15-16H,4-5,8-12H2,(H2,22,27)/t15-,16-/m0/s1. The molecule has 8 heteroatoms. The van der Waals surface area contributed by atoms with E-state index < -0.39 is 17.5 Å². The normalized spacial score (nSPS) is 23.8. The largest absolute Gasteiger partial charge is 0.364 e. The lowest BCUT2D eigenvalue weighted by atomic mass is 9.77. The van der Waals surface area contributed by atoms with E-state index in [0.717, 1.165) is 31.2 Å². The predicted molar refractivity (Wildman–Crippen MR) is 100 cm³/mol. The number of benzene rings is 1. The number of carbonyl (C=O) groups is 2. The van der Waals surface area contributed by atoms with E-state index in [1.54, 1.807) is 4.90 Å². The Labute approximate surface area is 162 Å². The van der Waals surface area contributed by atoms with Crippen LogP contribution in [0.2, 0.25) is 0 Å². The number of likely N-dealkylation sites (tertiary alicyclic amines) is 1. The van der Waals surface area contributed by atoms with Gasteiger partial charge in [-0.15, -0.1) is 5.10 Å². The van der Waals surface area contributed by atoms with E-state index in [1.165, 1.54) is 10.9 Å². The molecule has 0 bridgehead atoms. The van der Waals surface area contributed by atoms with Gasteiger partial charge < -0.3 is 10.6 Å². The minimum Gasteiger partial charge on any atom is -0.364 e. The lowest BCUT2D eigenvalue weighted by Gasteiger charge is -2.35. The smallest absolute Gasteiger partial charge is 0.270 e. The maximum absolute atomic E-state index is 14.3. The molecule has 28 heavy (non-hydrogen) atoms. The molecule has 1 saturated carbocycles. The van der Waals surface area contributed by atoms with Crippen molar-refractivity contribution < 1.29 is 14.0 Å². The third-order valence-corrected chi connectivity index (χ3v) is 6.01. The topological polar surface area (TPSA) is 94.1 Å². The number of halogens is 1. The third kappa shape index (κ3) is 3.27. The average molecular weight is 385 g/mol. The van der Waals surface area contributed by atoms with Gasteiger partial charge in [0.25, 0.3) is 5.91 Å². The van der Waals surface area contributed by atoms with Gasteiger partial charge in [-0.1, -0.05) is 48.4 Å². The van der Waals surface area contributed by atoms with E-state index in [9.17, 15) is 14.0 Å². The molecule has 0 unspecified atom stereocenters. The summed E-state index contributed by atoms with van der Waals surface area (Å²) < 4.78 is 15.8. The van der Waals surface area contributed by atoms with Gasteiger partial charge in [0.15, 0.2) is 5.69 Å². The van der Waals surface area contributed by atoms with E-state index in [0.29, 0.717) is 0 Å². The Morgan fingerprint density at radius 2 is 1.93 bits per heavy atom. The maximum Gasteiger partial charge on any atom is 0.270 e. The van der Waals surface area contributed by atoms with Gasteiger partial charge in [-0.2, -0.15) is 0 Å². The molecule has 2 aromatic rings. The van der Waals surface area contributed by atoms with Crippen LogP contribution in [0.15, 0.2) is 36.5 Å². The molecule has 1 aliphatic heterocycles. The molecule has 1 aliphatic carbocycles. The Hall–Kier alpha value is -2.77. The number of amides is 2. The summed E-state index contributed by atoms with van der Waals surface area (Å²) in [6.07, 6.45) is 4.17. The van der Waals surface area contributed by atoms with Crippen molar-refractivity contribution in [2.45, 2.75) is 56.3 Å². The average Bonchev–Trinajstić information content (AvgIpc) is 3.42. The van der Waals surface area contributed by atoms with Gasteiger partial charge in [-0.25, -0.2) is 9.07 Å². The van der Waals surface area contributed by atoms with Crippen LogP contribution in [-0.2, 0) is 16.8 Å². The van der Waals surface area contributed by atoms with Gasteiger partial charge in [0.2, 0.25) is 5.91 Å². The second-order valence-corrected chi connectivity index (χ2v) is 7.79. The Kier molecular flexibility index (Phi) is 4.87. The van der Waals surface area contributed by atoms with Crippen LogP contribution in [-0.4, -0.2) is 50.5 Å². The van der Waals surface area contributed by atoms with Crippen molar-refractivity contribution in [3.8, 4) is 0 Å². The predicted octanol–water partition coefficient (Wildman–Crippen LogP) is 1.83. The second kappa shape index (κ2) is 7.33. The monoisotopic (exact) mass is 385 g/mol. The number of hydrogen-bond acceptors (Lipinski definition) is 4. The van der Waals surface area contributed by atoms with Crippen molar-refractivity contribution in [3.63, 3.8) is 0 Å². The molecule has 2 heterocycles. The zero-order valence-corrected chi connectivity index (χ0v) is 15.6. The number of alkyl halides is 1. The summed E-state index contributed by atoms with van der Waals surface area (Å²) in [5, 5.41) is 7.62. The molecule has 148 valence electrons. The minimum atomic E-state index is -1.07. The molecule has 2 atom stereocenters. The molecule has 2 N–H and O–H groups in total. The molecule has 0 spiro atoms. The van der Waals surface area contributed by atoms with Crippen LogP contribution in [0.25, 0.3) is 0 Å². The lowest BCUT2D eigenvalue weighted by molar-refractivity contribution is -0.138. The summed E-state index contributed by atoms with van der Waals surface area (Å²) in [4.78, 5) is 26.6. The number of carbonyl (C=O) groups excluding carboxylic acids is 2. The minimum absolute atomic E-state index is 0.00316. The summed E-state index contributed by atoms with van der Waals surface area (Å²) in [6.45, 7) is 0.382. The third-order valence-electron chi connectivity index (χ3n) is 6.01. The Morgan fingerprint density at radius 1 is 1.21 bits per heavy atom. The van der Waals surface area contributed by atoms with Gasteiger partial charge in [0.1, 0.15) is 6.17 Å². The van der Waals surface area contributed by atoms with Crippen LogP contribution in [0.5, 0.6) is 0 Å². The van der Waals surface area contributed by atoms with E-state index >= 15 is 0 Å². The van der Waals surface area contributed by atoms with Crippen molar-refractivity contribution in [3.05, 3.63) is 47.8 Å². The first kappa shape index (κ1) is 18.6. The van der Waals surface area contributed by atoms with Gasteiger partial charge in [0.05, 0.1) is 30.7 Å². The number of nitrogens with zero attached hydrogens (tertiary/aromatic N) is 4. The maximum atomic E-state index is 14.3. The highest BCUT2D eigenvalue weighted by atomic mass is 19.1. The van der Waals surface area contributed by atoms with Gasteiger partial charge in [0, 0.05) is 6.42 Å². The van der Waals surface area contributed by atoms with Gasteiger partial charge in [-0.05, 0) is 18.4 Å². The molecule has 2 aliphatic rings. The zero-order valence-electron chi connectivity index (χ0n) is 15.6. The van der Waals surface area contributed by atoms with E-state index in [4.69, 9.17) is 5.73 Å². The highest BCUT2D eigenvalue weighted by Gasteiger charge is 2.48. The van der Waals surface area contributed by atoms with Crippen LogP contribution >= 0.6 is 0 Å². The molecule has 1 aromatic carbocycles. The molecule has 0 radical (unpaired) electrons. The van der Waals surface area contributed by atoms with Crippen molar-refractivity contribution in [2.75, 3.05) is 6.54 Å². The summed E-state index contributed by atoms with van der Waals surface area (Å²) in [7, 11) is 0. The Bertz CT molecular complexity index is 862. The van der Waals surface area contributed by atoms with Crippen LogP contribution in [0.1, 0.15) is 48.2 Å². The van der Waals surface area contributed by atoms with Crippen molar-refractivity contribution in [2.24, 2.45) is 5.73 Å². The fraction of sp³-hybridized carbons (Fsp3) is 0.500. The highest BCUT2D eigenvalue weighted by Crippen LogP contribution is 2.44. The first-order valence-corrected chi connectivity index (χ1v) is 9.70. The van der Waals surface area contributed by atoms with Gasteiger partial charge in [-0.3, -0.25) is 9.59 Å². The molecule has 1 aromatic heterocycles. The number of nitrogens with two attached hydrogens (primary N) is 1. The van der Waals surface area contributed by atoms with E-state index in [-0.39, 0.29) is 37.2 Å². The highest BCUT2D eigenvalue weighted by molar-refractivity contribution is 5.90. The van der Waals surface area contributed by atoms with Crippen molar-refractivity contribution in [1.29, 1.82) is 0 Å². The number of rotatable bonds is 5. The molecular formula is C20H24FN5O2. The summed E-state index contributed by atoms with van der Waals surface area (Å²) in [5.74, 6) is -0.667. The SMILES string of the molecule is NC(=O)c1cn(C[C@@H]2C[C@H](F)CN2C(=O)C2(c3ccccc3)CCCC2)nn1. The summed E-state index contributed by atoms with van der Waals surface area (Å²) in [5.41, 5.74) is 5.71. The molecular weight excluding hydrogens is 361 g/mol. The van der Waals surface area contributed by atoms with Crippen LogP contribution in [0.3, 0.4) is 0 Å². The Balaban J connectivity index is 1.59. The fourth-order valence-corrected chi connectivity index (χ4v) is 4.63. The molecule has 2 fully saturated rings. The Morgan fingerprint density at radius 3 is 2.57 bits per heavy atom. The zero-order chi connectivity index (χ0) is 19.7. The number of aromatic nitrogens is 3. The number of primary amides is 1. The first-order chi connectivity index (χ1) is 13.5. The van der Waals surface area contributed by atoms with Gasteiger partial charge >= 0.3 is 0 Å². The van der Waals surface area contributed by atoms with Crippen molar-refractivity contribution >= 4 is 11.8 Å².